The molecule has 6 heteroatoms. The second-order valence-corrected chi connectivity index (χ2v) is 6.28. The molecule has 0 fully saturated rings. The van der Waals surface area contributed by atoms with E-state index < -0.39 is 0 Å². The van der Waals surface area contributed by atoms with E-state index in [0.717, 1.165) is 11.1 Å². The number of nitrogens with two attached hydrogens (primary N) is 1. The Hall–Kier alpha value is -2.86. The fraction of sp³-hybridized carbons (Fsp3) is 0.300. The molecule has 0 bridgehead atoms. The fourth-order valence-corrected chi connectivity index (χ4v) is 2.81. The zero-order valence-electron chi connectivity index (χ0n) is 14.6. The SMILES string of the molecule is NC(CC(=O)N(Cc1ccccc1)Cc1cccnc1)CC1=COCO1. The molecule has 1 aliphatic heterocycles. The van der Waals surface area contributed by atoms with Crippen LogP contribution in [0.3, 0.4) is 0 Å². The first kappa shape index (κ1) is 17.9. The van der Waals surface area contributed by atoms with Crippen molar-refractivity contribution in [3.63, 3.8) is 0 Å². The van der Waals surface area contributed by atoms with Gasteiger partial charge in [-0.05, 0) is 17.2 Å². The van der Waals surface area contributed by atoms with Crippen LogP contribution in [-0.2, 0) is 27.4 Å². The molecular formula is C20H23N3O3. The second kappa shape index (κ2) is 9.01. The average molecular weight is 353 g/mol. The number of carbonyl (C=O) groups excluding carboxylic acids is 1. The zero-order valence-corrected chi connectivity index (χ0v) is 14.6. The number of carbonyl (C=O) groups is 1. The first-order valence-corrected chi connectivity index (χ1v) is 8.60. The molecule has 1 amide bonds. The number of hydrogen-bond donors (Lipinski definition) is 1. The third-order valence-electron chi connectivity index (χ3n) is 4.09. The molecule has 0 spiro atoms. The summed E-state index contributed by atoms with van der Waals surface area (Å²) in [6, 6.07) is 13.4. The van der Waals surface area contributed by atoms with Gasteiger partial charge in [-0.1, -0.05) is 36.4 Å². The van der Waals surface area contributed by atoms with Crippen LogP contribution in [0.1, 0.15) is 24.0 Å². The molecule has 6 nitrogen and oxygen atoms in total. The normalized spacial score (nSPS) is 14.1. The smallest absolute Gasteiger partial charge is 0.229 e. The Morgan fingerprint density at radius 3 is 2.62 bits per heavy atom. The van der Waals surface area contributed by atoms with Crippen molar-refractivity contribution >= 4 is 5.91 Å². The topological polar surface area (TPSA) is 77.7 Å². The number of aromatic nitrogens is 1. The summed E-state index contributed by atoms with van der Waals surface area (Å²) in [6.07, 6.45) is 5.78. The van der Waals surface area contributed by atoms with Crippen molar-refractivity contribution in [2.45, 2.75) is 32.0 Å². The van der Waals surface area contributed by atoms with Crippen molar-refractivity contribution < 1.29 is 14.3 Å². The van der Waals surface area contributed by atoms with Gasteiger partial charge in [0.1, 0.15) is 12.0 Å². The largest absolute Gasteiger partial charge is 0.462 e. The van der Waals surface area contributed by atoms with Crippen molar-refractivity contribution in [3.8, 4) is 0 Å². The highest BCUT2D eigenvalue weighted by molar-refractivity contribution is 5.76. The minimum absolute atomic E-state index is 0.00437. The Morgan fingerprint density at radius 2 is 1.92 bits per heavy atom. The molecule has 1 aliphatic rings. The van der Waals surface area contributed by atoms with Crippen LogP contribution in [0.4, 0.5) is 0 Å². The lowest BCUT2D eigenvalue weighted by molar-refractivity contribution is -0.132. The molecule has 1 aromatic carbocycles. The highest BCUT2D eigenvalue weighted by Crippen LogP contribution is 2.16. The lowest BCUT2D eigenvalue weighted by atomic mass is 10.1. The third-order valence-corrected chi connectivity index (χ3v) is 4.09. The van der Waals surface area contributed by atoms with Crippen LogP contribution in [0.25, 0.3) is 0 Å². The maximum absolute atomic E-state index is 12.9. The summed E-state index contributed by atoms with van der Waals surface area (Å²) in [4.78, 5) is 18.8. The quantitative estimate of drug-likeness (QED) is 0.789. The molecule has 0 saturated carbocycles. The van der Waals surface area contributed by atoms with E-state index >= 15 is 0 Å². The van der Waals surface area contributed by atoms with Gasteiger partial charge in [0.2, 0.25) is 12.7 Å². The monoisotopic (exact) mass is 353 g/mol. The lowest BCUT2D eigenvalue weighted by Gasteiger charge is -2.24. The number of rotatable bonds is 8. The van der Waals surface area contributed by atoms with Gasteiger partial charge in [-0.25, -0.2) is 0 Å². The maximum Gasteiger partial charge on any atom is 0.229 e. The van der Waals surface area contributed by atoms with E-state index in [1.54, 1.807) is 18.7 Å². The molecule has 3 rings (SSSR count). The summed E-state index contributed by atoms with van der Waals surface area (Å²) in [7, 11) is 0. The lowest BCUT2D eigenvalue weighted by Crippen LogP contribution is -2.35. The summed E-state index contributed by atoms with van der Waals surface area (Å²) in [5.41, 5.74) is 8.21. The summed E-state index contributed by atoms with van der Waals surface area (Å²) in [5, 5.41) is 0. The average Bonchev–Trinajstić information content (AvgIpc) is 3.15. The number of pyridine rings is 1. The van der Waals surface area contributed by atoms with Crippen LogP contribution in [0.15, 0.2) is 66.9 Å². The van der Waals surface area contributed by atoms with Crippen molar-refractivity contribution in [2.75, 3.05) is 6.79 Å². The van der Waals surface area contributed by atoms with Crippen molar-refractivity contribution in [1.29, 1.82) is 0 Å². The van der Waals surface area contributed by atoms with E-state index in [1.165, 1.54) is 0 Å². The number of amides is 1. The minimum atomic E-state index is -0.317. The standard InChI is InChI=1S/C20H23N3O3/c21-18(9-19-14-25-15-26-19)10-20(24)23(12-16-5-2-1-3-6-16)13-17-7-4-8-22-11-17/h1-8,11,14,18H,9-10,12-13,15,21H2. The third kappa shape index (κ3) is 5.32. The second-order valence-electron chi connectivity index (χ2n) is 6.28. The molecule has 1 unspecified atom stereocenters. The Morgan fingerprint density at radius 1 is 1.15 bits per heavy atom. The highest BCUT2D eigenvalue weighted by Gasteiger charge is 2.20. The Balaban J connectivity index is 1.65. The summed E-state index contributed by atoms with van der Waals surface area (Å²) < 4.78 is 10.3. The van der Waals surface area contributed by atoms with Gasteiger partial charge in [0.15, 0.2) is 0 Å². The van der Waals surface area contributed by atoms with Crippen LogP contribution in [0.5, 0.6) is 0 Å². The molecule has 0 radical (unpaired) electrons. The summed E-state index contributed by atoms with van der Waals surface area (Å²) in [6.45, 7) is 1.25. The van der Waals surface area contributed by atoms with Crippen LogP contribution in [-0.4, -0.2) is 28.6 Å². The van der Waals surface area contributed by atoms with Gasteiger partial charge in [-0.3, -0.25) is 9.78 Å². The highest BCUT2D eigenvalue weighted by atomic mass is 16.7. The van der Waals surface area contributed by atoms with Gasteiger partial charge in [-0.2, -0.15) is 0 Å². The van der Waals surface area contributed by atoms with Crippen LogP contribution >= 0.6 is 0 Å². The Labute approximate surface area is 153 Å². The Kier molecular flexibility index (Phi) is 6.22. The molecule has 2 aromatic rings. The predicted octanol–water partition coefficient (Wildman–Crippen LogP) is 2.56. The van der Waals surface area contributed by atoms with Gasteiger partial charge >= 0.3 is 0 Å². The van der Waals surface area contributed by atoms with Gasteiger partial charge < -0.3 is 20.1 Å². The molecule has 0 saturated heterocycles. The molecule has 136 valence electrons. The number of hydrogen-bond acceptors (Lipinski definition) is 5. The van der Waals surface area contributed by atoms with Gasteiger partial charge in [-0.15, -0.1) is 0 Å². The van der Waals surface area contributed by atoms with E-state index in [2.05, 4.69) is 4.98 Å². The van der Waals surface area contributed by atoms with E-state index in [9.17, 15) is 4.79 Å². The van der Waals surface area contributed by atoms with E-state index in [1.807, 2.05) is 47.4 Å². The summed E-state index contributed by atoms with van der Waals surface area (Å²) >= 11 is 0. The van der Waals surface area contributed by atoms with Crippen molar-refractivity contribution in [2.24, 2.45) is 5.73 Å². The van der Waals surface area contributed by atoms with Gasteiger partial charge in [0.25, 0.3) is 0 Å². The van der Waals surface area contributed by atoms with E-state index in [4.69, 9.17) is 15.2 Å². The Bertz CT molecular complexity index is 693. The first-order chi connectivity index (χ1) is 12.7. The van der Waals surface area contributed by atoms with Gasteiger partial charge in [0.05, 0.1) is 0 Å². The fourth-order valence-electron chi connectivity index (χ4n) is 2.81. The van der Waals surface area contributed by atoms with Gasteiger partial charge in [0, 0.05) is 44.4 Å². The molecular weight excluding hydrogens is 330 g/mol. The van der Waals surface area contributed by atoms with Crippen LogP contribution < -0.4 is 5.73 Å². The number of nitrogens with zero attached hydrogens (tertiary/aromatic N) is 2. The summed E-state index contributed by atoms with van der Waals surface area (Å²) in [5.74, 6) is 0.692. The number of ether oxygens (including phenoxy) is 2. The van der Waals surface area contributed by atoms with Crippen molar-refractivity contribution in [3.05, 3.63) is 78.0 Å². The van der Waals surface area contributed by atoms with Crippen LogP contribution in [0.2, 0.25) is 0 Å². The zero-order chi connectivity index (χ0) is 18.2. The molecule has 1 atom stereocenters. The molecule has 2 heterocycles. The molecule has 0 aliphatic carbocycles. The van der Waals surface area contributed by atoms with E-state index in [-0.39, 0.29) is 25.2 Å². The predicted molar refractivity (Wildman–Crippen MR) is 97.3 cm³/mol. The minimum Gasteiger partial charge on any atom is -0.462 e. The number of benzene rings is 1. The molecule has 2 N–H and O–H groups in total. The van der Waals surface area contributed by atoms with Crippen LogP contribution in [0, 0.1) is 0 Å². The van der Waals surface area contributed by atoms with Crippen molar-refractivity contribution in [1.82, 2.24) is 9.88 Å². The molecule has 1 aromatic heterocycles. The first-order valence-electron chi connectivity index (χ1n) is 8.60. The molecule has 26 heavy (non-hydrogen) atoms. The maximum atomic E-state index is 12.9. The van der Waals surface area contributed by atoms with E-state index in [0.29, 0.717) is 25.3 Å².